The van der Waals surface area contributed by atoms with Crippen molar-refractivity contribution in [1.82, 2.24) is 0 Å². The van der Waals surface area contributed by atoms with Gasteiger partial charge >= 0.3 is 0 Å². The molecule has 0 radical (unpaired) electrons. The SMILES string of the molecule is C=C(C)CC(C)C(=C)C.CC.Cc1ccc(C)c(C)c1. The summed E-state index contributed by atoms with van der Waals surface area (Å²) in [5.41, 5.74) is 6.59. The quantitative estimate of drug-likeness (QED) is 0.531. The molecule has 1 aromatic carbocycles. The van der Waals surface area contributed by atoms with Crippen LogP contribution in [0.5, 0.6) is 0 Å². The molecule has 1 aromatic rings. The van der Waals surface area contributed by atoms with Crippen molar-refractivity contribution in [3.05, 3.63) is 59.2 Å². The number of hydrogen-bond acceptors (Lipinski definition) is 0. The largest absolute Gasteiger partial charge is 0.100 e. The van der Waals surface area contributed by atoms with Crippen LogP contribution in [0.2, 0.25) is 0 Å². The second-order valence-corrected chi connectivity index (χ2v) is 5.50. The molecule has 1 unspecified atom stereocenters. The van der Waals surface area contributed by atoms with Crippen molar-refractivity contribution >= 4 is 0 Å². The lowest BCUT2D eigenvalue weighted by molar-refractivity contribution is 0.676. The lowest BCUT2D eigenvalue weighted by Gasteiger charge is -2.09. The molecule has 0 heteroatoms. The molecule has 0 aliphatic rings. The molecule has 0 N–H and O–H groups in total. The summed E-state index contributed by atoms with van der Waals surface area (Å²) in [6.07, 6.45) is 1.08. The first-order valence-corrected chi connectivity index (χ1v) is 7.57. The van der Waals surface area contributed by atoms with Crippen LogP contribution in [-0.4, -0.2) is 0 Å². The average Bonchev–Trinajstić information content (AvgIpc) is 2.36. The van der Waals surface area contributed by atoms with Crippen LogP contribution in [-0.2, 0) is 0 Å². The van der Waals surface area contributed by atoms with E-state index in [1.54, 1.807) is 0 Å². The smallest absolute Gasteiger partial charge is 0.0200 e. The van der Waals surface area contributed by atoms with Crippen LogP contribution in [0.15, 0.2) is 42.5 Å². The summed E-state index contributed by atoms with van der Waals surface area (Å²) >= 11 is 0. The lowest BCUT2D eigenvalue weighted by atomic mass is 9.97. The summed E-state index contributed by atoms with van der Waals surface area (Å²) in [4.78, 5) is 0. The second kappa shape index (κ2) is 11.5. The monoisotopic (exact) mass is 274 g/mol. The topological polar surface area (TPSA) is 0 Å². The maximum atomic E-state index is 3.87. The van der Waals surface area contributed by atoms with Gasteiger partial charge in [-0.2, -0.15) is 0 Å². The van der Waals surface area contributed by atoms with Crippen molar-refractivity contribution < 1.29 is 0 Å². The van der Waals surface area contributed by atoms with Crippen molar-refractivity contribution in [2.75, 3.05) is 0 Å². The van der Waals surface area contributed by atoms with Gasteiger partial charge < -0.3 is 0 Å². The molecule has 0 saturated heterocycles. The van der Waals surface area contributed by atoms with Crippen molar-refractivity contribution in [1.29, 1.82) is 0 Å². The van der Waals surface area contributed by atoms with E-state index in [-0.39, 0.29) is 0 Å². The normalized spacial score (nSPS) is 10.4. The summed E-state index contributed by atoms with van der Waals surface area (Å²) in [6.45, 7) is 24.4. The van der Waals surface area contributed by atoms with Gasteiger partial charge in [-0.25, -0.2) is 0 Å². The minimum Gasteiger partial charge on any atom is -0.100 e. The molecule has 114 valence electrons. The molecule has 0 nitrogen and oxygen atoms in total. The highest BCUT2D eigenvalue weighted by molar-refractivity contribution is 5.28. The number of aryl methyl sites for hydroxylation is 3. The van der Waals surface area contributed by atoms with E-state index in [1.807, 2.05) is 13.8 Å². The molecule has 0 aromatic heterocycles. The van der Waals surface area contributed by atoms with Gasteiger partial charge in [-0.3, -0.25) is 0 Å². The molecule has 0 amide bonds. The Morgan fingerprint density at radius 1 is 1.00 bits per heavy atom. The van der Waals surface area contributed by atoms with Crippen LogP contribution in [0.1, 0.15) is 57.7 Å². The third kappa shape index (κ3) is 10.6. The fraction of sp³-hybridized carbons (Fsp3) is 0.500. The van der Waals surface area contributed by atoms with Gasteiger partial charge in [0.1, 0.15) is 0 Å². The summed E-state index contributed by atoms with van der Waals surface area (Å²) in [6, 6.07) is 6.50. The van der Waals surface area contributed by atoms with Gasteiger partial charge in [0.25, 0.3) is 0 Å². The van der Waals surface area contributed by atoms with Crippen molar-refractivity contribution in [2.45, 2.75) is 61.8 Å². The summed E-state index contributed by atoms with van der Waals surface area (Å²) < 4.78 is 0. The van der Waals surface area contributed by atoms with Gasteiger partial charge in [0.2, 0.25) is 0 Å². The zero-order valence-corrected chi connectivity index (χ0v) is 14.9. The van der Waals surface area contributed by atoms with E-state index in [9.17, 15) is 0 Å². The summed E-state index contributed by atoms with van der Waals surface area (Å²) in [5, 5.41) is 0. The molecule has 0 bridgehead atoms. The Bertz CT molecular complexity index is 410. The number of benzene rings is 1. The minimum atomic E-state index is 0.600. The number of rotatable bonds is 3. The summed E-state index contributed by atoms with van der Waals surface area (Å²) in [5.74, 6) is 0.600. The Morgan fingerprint density at radius 2 is 1.50 bits per heavy atom. The molecule has 0 saturated carbocycles. The van der Waals surface area contributed by atoms with Gasteiger partial charge in [0.05, 0.1) is 0 Å². The molecule has 0 aliphatic carbocycles. The van der Waals surface area contributed by atoms with Crippen molar-refractivity contribution in [3.8, 4) is 0 Å². The van der Waals surface area contributed by atoms with Crippen LogP contribution < -0.4 is 0 Å². The maximum Gasteiger partial charge on any atom is -0.0200 e. The zero-order valence-electron chi connectivity index (χ0n) is 14.9. The standard InChI is InChI=1S/C9H12.C9H16.C2H6/c1-7-4-5-8(2)9(3)6-7;1-7(2)6-9(5)8(3)4;1-2/h4-6H,1-3H3;9H,1,3,6H2,2,4-5H3;1-2H3. The molecule has 20 heavy (non-hydrogen) atoms. The van der Waals surface area contributed by atoms with Crippen molar-refractivity contribution in [3.63, 3.8) is 0 Å². The van der Waals surface area contributed by atoms with Gasteiger partial charge in [-0.05, 0) is 58.1 Å². The lowest BCUT2D eigenvalue weighted by Crippen LogP contribution is -1.94. The molecular formula is C20H34. The number of allylic oxidation sites excluding steroid dienone is 2. The Kier molecular flexibility index (Phi) is 12.1. The van der Waals surface area contributed by atoms with E-state index in [1.165, 1.54) is 27.8 Å². The predicted octanol–water partition coefficient (Wildman–Crippen LogP) is 6.80. The highest BCUT2D eigenvalue weighted by Crippen LogP contribution is 2.15. The Labute approximate surface area is 127 Å². The van der Waals surface area contributed by atoms with Crippen LogP contribution in [0, 0.1) is 26.7 Å². The van der Waals surface area contributed by atoms with Crippen LogP contribution >= 0.6 is 0 Å². The van der Waals surface area contributed by atoms with E-state index in [4.69, 9.17) is 0 Å². The van der Waals surface area contributed by atoms with Crippen LogP contribution in [0.3, 0.4) is 0 Å². The first-order valence-electron chi connectivity index (χ1n) is 7.57. The van der Waals surface area contributed by atoms with Crippen LogP contribution in [0.25, 0.3) is 0 Å². The zero-order chi connectivity index (χ0) is 16.3. The van der Waals surface area contributed by atoms with E-state index < -0.39 is 0 Å². The predicted molar refractivity (Wildman–Crippen MR) is 95.4 cm³/mol. The van der Waals surface area contributed by atoms with E-state index in [0.717, 1.165) is 6.42 Å². The maximum absolute atomic E-state index is 3.87. The molecule has 0 spiro atoms. The molecule has 0 fully saturated rings. The fourth-order valence-corrected chi connectivity index (χ4v) is 1.59. The first kappa shape index (κ1) is 21.0. The Balaban J connectivity index is 0. The van der Waals surface area contributed by atoms with E-state index in [2.05, 4.69) is 72.9 Å². The van der Waals surface area contributed by atoms with Gasteiger partial charge in [0.15, 0.2) is 0 Å². The molecule has 1 atom stereocenters. The summed E-state index contributed by atoms with van der Waals surface area (Å²) in [7, 11) is 0. The van der Waals surface area contributed by atoms with Crippen LogP contribution in [0.4, 0.5) is 0 Å². The third-order valence-electron chi connectivity index (χ3n) is 3.16. The second-order valence-electron chi connectivity index (χ2n) is 5.50. The number of hydrogen-bond donors (Lipinski definition) is 0. The third-order valence-corrected chi connectivity index (χ3v) is 3.16. The van der Waals surface area contributed by atoms with E-state index >= 15 is 0 Å². The Morgan fingerprint density at radius 3 is 1.75 bits per heavy atom. The molecule has 0 aliphatic heterocycles. The molecule has 1 rings (SSSR count). The first-order chi connectivity index (χ1) is 9.23. The van der Waals surface area contributed by atoms with E-state index in [0.29, 0.717) is 5.92 Å². The molecular weight excluding hydrogens is 240 g/mol. The average molecular weight is 274 g/mol. The van der Waals surface area contributed by atoms with Gasteiger partial charge in [-0.1, -0.05) is 62.3 Å². The highest BCUT2D eigenvalue weighted by Gasteiger charge is 2.00. The fourth-order valence-electron chi connectivity index (χ4n) is 1.59. The Hall–Kier alpha value is -1.30. The van der Waals surface area contributed by atoms with Crippen molar-refractivity contribution in [2.24, 2.45) is 5.92 Å². The molecule has 0 heterocycles. The minimum absolute atomic E-state index is 0.600. The highest BCUT2D eigenvalue weighted by atomic mass is 14.1. The van der Waals surface area contributed by atoms with Gasteiger partial charge in [-0.15, -0.1) is 6.58 Å². The van der Waals surface area contributed by atoms with Gasteiger partial charge in [0, 0.05) is 0 Å².